The van der Waals surface area contributed by atoms with Crippen LogP contribution < -0.4 is 5.32 Å². The van der Waals surface area contributed by atoms with Crippen molar-refractivity contribution in [3.05, 3.63) is 29.8 Å². The number of hydrogen-bond acceptors (Lipinski definition) is 3. The van der Waals surface area contributed by atoms with E-state index in [0.29, 0.717) is 11.5 Å². The molecule has 0 bridgehead atoms. The van der Waals surface area contributed by atoms with Crippen molar-refractivity contribution in [2.45, 2.75) is 6.92 Å². The number of aromatic amines is 2. The highest BCUT2D eigenvalue weighted by Gasteiger charge is 2.11. The van der Waals surface area contributed by atoms with E-state index in [-0.39, 0.29) is 5.91 Å². The second-order valence-electron chi connectivity index (χ2n) is 2.80. The molecule has 0 atom stereocenters. The molecule has 6 heteroatoms. The predicted molar refractivity (Wildman–Crippen MR) is 49.9 cm³/mol. The van der Waals surface area contributed by atoms with Crippen LogP contribution >= 0.6 is 0 Å². The Morgan fingerprint density at radius 1 is 1.57 bits per heavy atom. The molecule has 0 aliphatic rings. The van der Waals surface area contributed by atoms with Gasteiger partial charge in [-0.15, -0.1) is 0 Å². The molecule has 14 heavy (non-hydrogen) atoms. The Labute approximate surface area is 79.8 Å². The van der Waals surface area contributed by atoms with Crippen LogP contribution in [-0.2, 0) is 0 Å². The molecular formula is C8H9N5O. The van der Waals surface area contributed by atoms with Crippen LogP contribution in [0.1, 0.15) is 16.1 Å². The molecular weight excluding hydrogens is 182 g/mol. The van der Waals surface area contributed by atoms with Gasteiger partial charge in [-0.1, -0.05) is 0 Å². The number of aryl methyl sites for hydroxylation is 1. The van der Waals surface area contributed by atoms with E-state index in [9.17, 15) is 4.79 Å². The van der Waals surface area contributed by atoms with E-state index in [4.69, 9.17) is 0 Å². The van der Waals surface area contributed by atoms with Crippen molar-refractivity contribution in [2.75, 3.05) is 5.32 Å². The lowest BCUT2D eigenvalue weighted by atomic mass is 10.2. The molecule has 2 aromatic heterocycles. The van der Waals surface area contributed by atoms with Gasteiger partial charge in [0.2, 0.25) is 5.95 Å². The maximum absolute atomic E-state index is 11.6. The topological polar surface area (TPSA) is 86.5 Å². The van der Waals surface area contributed by atoms with Gasteiger partial charge in [0.15, 0.2) is 0 Å². The smallest absolute Gasteiger partial charge is 0.261 e. The molecule has 0 spiro atoms. The van der Waals surface area contributed by atoms with E-state index < -0.39 is 0 Å². The third kappa shape index (κ3) is 1.49. The average molecular weight is 191 g/mol. The van der Waals surface area contributed by atoms with Crippen LogP contribution in [0.15, 0.2) is 18.6 Å². The summed E-state index contributed by atoms with van der Waals surface area (Å²) in [4.78, 5) is 18.2. The molecule has 0 aromatic carbocycles. The van der Waals surface area contributed by atoms with Gasteiger partial charge in [-0.05, 0) is 6.92 Å². The Morgan fingerprint density at radius 3 is 3.00 bits per heavy atom. The minimum absolute atomic E-state index is 0.230. The molecule has 0 saturated heterocycles. The van der Waals surface area contributed by atoms with Gasteiger partial charge in [0.25, 0.3) is 5.91 Å². The number of amides is 1. The monoisotopic (exact) mass is 191 g/mol. The van der Waals surface area contributed by atoms with Crippen LogP contribution in [0.25, 0.3) is 0 Å². The van der Waals surface area contributed by atoms with Crippen molar-refractivity contribution in [3.8, 4) is 0 Å². The highest BCUT2D eigenvalue weighted by Crippen LogP contribution is 2.05. The Kier molecular flexibility index (Phi) is 2.02. The Morgan fingerprint density at radius 2 is 2.43 bits per heavy atom. The maximum Gasteiger partial charge on any atom is 0.261 e. The molecule has 0 aliphatic carbocycles. The summed E-state index contributed by atoms with van der Waals surface area (Å²) >= 11 is 0. The van der Waals surface area contributed by atoms with Crippen molar-refractivity contribution in [1.82, 2.24) is 20.2 Å². The second-order valence-corrected chi connectivity index (χ2v) is 2.80. The van der Waals surface area contributed by atoms with Crippen molar-refractivity contribution >= 4 is 11.9 Å². The van der Waals surface area contributed by atoms with Gasteiger partial charge in [0, 0.05) is 18.1 Å². The first-order chi connectivity index (χ1) is 6.77. The Bertz CT molecular complexity index is 430. The lowest BCUT2D eigenvalue weighted by Gasteiger charge is -1.99. The van der Waals surface area contributed by atoms with Crippen molar-refractivity contribution < 1.29 is 4.79 Å². The van der Waals surface area contributed by atoms with E-state index in [2.05, 4.69) is 25.5 Å². The number of rotatable bonds is 2. The molecule has 0 saturated carbocycles. The van der Waals surface area contributed by atoms with E-state index in [0.717, 1.165) is 5.69 Å². The summed E-state index contributed by atoms with van der Waals surface area (Å²) in [6.45, 7) is 1.78. The van der Waals surface area contributed by atoms with E-state index in [1.165, 1.54) is 6.20 Å². The SMILES string of the molecule is Cc1[nH]ncc1C(=O)Nc1ncc[nH]1. The average Bonchev–Trinajstić information content (AvgIpc) is 2.75. The van der Waals surface area contributed by atoms with Crippen LogP contribution in [0, 0.1) is 6.92 Å². The van der Waals surface area contributed by atoms with Gasteiger partial charge in [-0.2, -0.15) is 5.10 Å². The van der Waals surface area contributed by atoms with Crippen molar-refractivity contribution in [3.63, 3.8) is 0 Å². The third-order valence-electron chi connectivity index (χ3n) is 1.80. The highest BCUT2D eigenvalue weighted by atomic mass is 16.1. The van der Waals surface area contributed by atoms with Gasteiger partial charge in [-0.3, -0.25) is 15.2 Å². The van der Waals surface area contributed by atoms with E-state index in [1.54, 1.807) is 19.3 Å². The standard InChI is InChI=1S/C8H9N5O/c1-5-6(4-11-13-5)7(14)12-8-9-2-3-10-8/h2-4H,1H3,(H,11,13)(H2,9,10,12,14). The number of carbonyl (C=O) groups is 1. The molecule has 2 rings (SSSR count). The van der Waals surface area contributed by atoms with E-state index >= 15 is 0 Å². The van der Waals surface area contributed by atoms with Gasteiger partial charge < -0.3 is 4.98 Å². The Hall–Kier alpha value is -2.11. The van der Waals surface area contributed by atoms with Crippen LogP contribution in [-0.4, -0.2) is 26.1 Å². The molecule has 72 valence electrons. The molecule has 0 unspecified atom stereocenters. The lowest BCUT2D eigenvalue weighted by Crippen LogP contribution is -2.13. The van der Waals surface area contributed by atoms with Gasteiger partial charge >= 0.3 is 0 Å². The Balaban J connectivity index is 2.14. The van der Waals surface area contributed by atoms with Crippen LogP contribution in [0.4, 0.5) is 5.95 Å². The quantitative estimate of drug-likeness (QED) is 0.652. The number of anilines is 1. The lowest BCUT2D eigenvalue weighted by molar-refractivity contribution is 0.102. The zero-order valence-corrected chi connectivity index (χ0v) is 7.53. The number of hydrogen-bond donors (Lipinski definition) is 3. The summed E-state index contributed by atoms with van der Waals surface area (Å²) in [6, 6.07) is 0. The first-order valence-electron chi connectivity index (χ1n) is 4.08. The van der Waals surface area contributed by atoms with Gasteiger partial charge in [0.1, 0.15) is 0 Å². The molecule has 2 heterocycles. The first-order valence-corrected chi connectivity index (χ1v) is 4.08. The van der Waals surface area contributed by atoms with Crippen LogP contribution in [0.5, 0.6) is 0 Å². The molecule has 0 fully saturated rings. The number of aromatic nitrogens is 4. The summed E-state index contributed by atoms with van der Waals surface area (Å²) in [5, 5.41) is 9.04. The molecule has 6 nitrogen and oxygen atoms in total. The summed E-state index contributed by atoms with van der Waals surface area (Å²) in [5.74, 6) is 0.196. The minimum atomic E-state index is -0.230. The number of H-pyrrole nitrogens is 2. The number of carbonyl (C=O) groups excluding carboxylic acids is 1. The fourth-order valence-electron chi connectivity index (χ4n) is 1.09. The maximum atomic E-state index is 11.6. The fourth-order valence-corrected chi connectivity index (χ4v) is 1.09. The van der Waals surface area contributed by atoms with Gasteiger partial charge in [0.05, 0.1) is 11.8 Å². The molecule has 1 amide bonds. The van der Waals surface area contributed by atoms with Crippen LogP contribution in [0.3, 0.4) is 0 Å². The van der Waals surface area contributed by atoms with Crippen molar-refractivity contribution in [1.29, 1.82) is 0 Å². The van der Waals surface area contributed by atoms with Gasteiger partial charge in [-0.25, -0.2) is 4.98 Å². The van der Waals surface area contributed by atoms with Crippen molar-refractivity contribution in [2.24, 2.45) is 0 Å². The highest BCUT2D eigenvalue weighted by molar-refractivity contribution is 6.03. The third-order valence-corrected chi connectivity index (χ3v) is 1.80. The molecule has 3 N–H and O–H groups in total. The zero-order valence-electron chi connectivity index (χ0n) is 7.53. The summed E-state index contributed by atoms with van der Waals surface area (Å²) in [5.41, 5.74) is 1.25. The summed E-state index contributed by atoms with van der Waals surface area (Å²) in [6.07, 6.45) is 4.68. The zero-order chi connectivity index (χ0) is 9.97. The number of nitrogens with one attached hydrogen (secondary N) is 3. The van der Waals surface area contributed by atoms with Crippen LogP contribution in [0.2, 0.25) is 0 Å². The summed E-state index contributed by atoms with van der Waals surface area (Å²) in [7, 11) is 0. The fraction of sp³-hybridized carbons (Fsp3) is 0.125. The molecule has 0 aliphatic heterocycles. The molecule has 0 radical (unpaired) electrons. The van der Waals surface area contributed by atoms with E-state index in [1.807, 2.05) is 0 Å². The first kappa shape index (κ1) is 8.49. The normalized spacial score (nSPS) is 10.1. The minimum Gasteiger partial charge on any atom is -0.331 e. The number of nitrogens with zero attached hydrogens (tertiary/aromatic N) is 2. The summed E-state index contributed by atoms with van der Waals surface area (Å²) < 4.78 is 0. The largest absolute Gasteiger partial charge is 0.331 e. The molecule has 2 aromatic rings. The second kappa shape index (κ2) is 3.33. The predicted octanol–water partition coefficient (Wildman–Crippen LogP) is 0.694. The number of imidazole rings is 1.